The summed E-state index contributed by atoms with van der Waals surface area (Å²) in [7, 11) is 1.54. The molecule has 0 radical (unpaired) electrons. The molecule has 4 heteroatoms. The lowest BCUT2D eigenvalue weighted by atomic mass is 10.5. The standard InChI is InChI=1S/C6H13NO3/c1-4-6(8)10-7(3)9-5-2/h4-5H2,1-3H3. The molecule has 0 bridgehead atoms. The molecular weight excluding hydrogens is 134 g/mol. The summed E-state index contributed by atoms with van der Waals surface area (Å²) in [5.41, 5.74) is 0. The predicted octanol–water partition coefficient (Wildman–Crippen LogP) is 0.738. The lowest BCUT2D eigenvalue weighted by Crippen LogP contribution is -2.22. The molecule has 0 aromatic rings. The molecule has 0 aromatic carbocycles. The van der Waals surface area contributed by atoms with E-state index < -0.39 is 0 Å². The van der Waals surface area contributed by atoms with Crippen LogP contribution in [0, 0.1) is 0 Å². The van der Waals surface area contributed by atoms with Crippen LogP contribution >= 0.6 is 0 Å². The maximum atomic E-state index is 10.6. The van der Waals surface area contributed by atoms with E-state index in [1.165, 1.54) is 7.05 Å². The third-order valence-corrected chi connectivity index (χ3v) is 0.830. The number of nitrogens with zero attached hydrogens (tertiary/aromatic N) is 1. The first-order chi connectivity index (χ1) is 4.70. The van der Waals surface area contributed by atoms with Gasteiger partial charge < -0.3 is 4.84 Å². The molecule has 0 spiro atoms. The Bertz CT molecular complexity index is 105. The number of hydrogen-bond acceptors (Lipinski definition) is 4. The normalized spacial score (nSPS) is 10.0. The zero-order chi connectivity index (χ0) is 7.98. The minimum atomic E-state index is -0.295. The first-order valence-electron chi connectivity index (χ1n) is 3.28. The van der Waals surface area contributed by atoms with Crippen molar-refractivity contribution in [2.24, 2.45) is 0 Å². The predicted molar refractivity (Wildman–Crippen MR) is 35.8 cm³/mol. The second kappa shape index (κ2) is 5.20. The molecule has 0 atom stereocenters. The van der Waals surface area contributed by atoms with Gasteiger partial charge in [0, 0.05) is 6.42 Å². The molecule has 0 aliphatic heterocycles. The van der Waals surface area contributed by atoms with Crippen molar-refractivity contribution in [3.8, 4) is 0 Å². The summed E-state index contributed by atoms with van der Waals surface area (Å²) < 4.78 is 0. The summed E-state index contributed by atoms with van der Waals surface area (Å²) in [5, 5.41) is 1.06. The van der Waals surface area contributed by atoms with Crippen molar-refractivity contribution in [2.75, 3.05) is 13.7 Å². The molecule has 4 nitrogen and oxygen atoms in total. The molecule has 0 N–H and O–H groups in total. The Morgan fingerprint density at radius 3 is 2.50 bits per heavy atom. The van der Waals surface area contributed by atoms with Crippen LogP contribution in [0.2, 0.25) is 0 Å². The van der Waals surface area contributed by atoms with Crippen molar-refractivity contribution in [3.05, 3.63) is 0 Å². The van der Waals surface area contributed by atoms with E-state index in [1.807, 2.05) is 6.92 Å². The monoisotopic (exact) mass is 147 g/mol. The van der Waals surface area contributed by atoms with Crippen molar-refractivity contribution in [2.45, 2.75) is 20.3 Å². The molecule has 60 valence electrons. The SMILES string of the molecule is CCON(C)OC(=O)CC. The average molecular weight is 147 g/mol. The van der Waals surface area contributed by atoms with Crippen LogP contribution in [-0.2, 0) is 14.5 Å². The van der Waals surface area contributed by atoms with Gasteiger partial charge in [0.05, 0.1) is 13.7 Å². The molecule has 0 heterocycles. The lowest BCUT2D eigenvalue weighted by Gasteiger charge is -2.12. The first kappa shape index (κ1) is 9.39. The number of carbonyl (C=O) groups excluding carboxylic acids is 1. The van der Waals surface area contributed by atoms with Crippen molar-refractivity contribution in [3.63, 3.8) is 0 Å². The molecule has 0 aliphatic rings. The Kier molecular flexibility index (Phi) is 4.88. The largest absolute Gasteiger partial charge is 0.343 e. The van der Waals surface area contributed by atoms with Crippen LogP contribution in [0.1, 0.15) is 20.3 Å². The molecule has 10 heavy (non-hydrogen) atoms. The highest BCUT2D eigenvalue weighted by Gasteiger charge is 2.02. The van der Waals surface area contributed by atoms with Crippen LogP contribution in [0.3, 0.4) is 0 Å². The van der Waals surface area contributed by atoms with Gasteiger partial charge in [0.2, 0.25) is 0 Å². The van der Waals surface area contributed by atoms with E-state index in [2.05, 4.69) is 4.84 Å². The van der Waals surface area contributed by atoms with E-state index in [-0.39, 0.29) is 5.97 Å². The van der Waals surface area contributed by atoms with Gasteiger partial charge in [-0.05, 0) is 12.2 Å². The molecule has 0 rings (SSSR count). The van der Waals surface area contributed by atoms with Crippen molar-refractivity contribution in [1.82, 2.24) is 5.23 Å². The van der Waals surface area contributed by atoms with E-state index in [4.69, 9.17) is 4.84 Å². The molecule has 0 aromatic heterocycles. The Labute approximate surface area is 60.6 Å². The molecule has 0 fully saturated rings. The Morgan fingerprint density at radius 1 is 1.50 bits per heavy atom. The molecule has 0 unspecified atom stereocenters. The zero-order valence-corrected chi connectivity index (χ0v) is 6.59. The first-order valence-corrected chi connectivity index (χ1v) is 3.28. The molecule has 0 saturated carbocycles. The van der Waals surface area contributed by atoms with Gasteiger partial charge in [-0.15, -0.1) is 0 Å². The fraction of sp³-hybridized carbons (Fsp3) is 0.833. The maximum absolute atomic E-state index is 10.6. The van der Waals surface area contributed by atoms with Crippen molar-refractivity contribution >= 4 is 5.97 Å². The average Bonchev–Trinajstić information content (AvgIpc) is 1.88. The molecule has 0 saturated heterocycles. The quantitative estimate of drug-likeness (QED) is 0.550. The Hall–Kier alpha value is -0.610. The Morgan fingerprint density at radius 2 is 2.10 bits per heavy atom. The number of hydrogen-bond donors (Lipinski definition) is 0. The van der Waals surface area contributed by atoms with Gasteiger partial charge in [0.15, 0.2) is 0 Å². The molecule has 0 amide bonds. The second-order valence-corrected chi connectivity index (χ2v) is 1.67. The van der Waals surface area contributed by atoms with Crippen molar-refractivity contribution < 1.29 is 14.5 Å². The van der Waals surface area contributed by atoms with Crippen LogP contribution in [-0.4, -0.2) is 24.9 Å². The van der Waals surface area contributed by atoms with Gasteiger partial charge in [-0.3, -0.25) is 9.63 Å². The number of carbonyl (C=O) groups is 1. The van der Waals surface area contributed by atoms with Gasteiger partial charge in [0.25, 0.3) is 0 Å². The highest BCUT2D eigenvalue weighted by molar-refractivity contribution is 5.68. The summed E-state index contributed by atoms with van der Waals surface area (Å²) in [6, 6.07) is 0. The van der Waals surface area contributed by atoms with Crippen LogP contribution in [0.15, 0.2) is 0 Å². The summed E-state index contributed by atoms with van der Waals surface area (Å²) in [4.78, 5) is 20.0. The third-order valence-electron chi connectivity index (χ3n) is 0.830. The fourth-order valence-electron chi connectivity index (χ4n) is 0.416. The van der Waals surface area contributed by atoms with E-state index in [0.717, 1.165) is 5.23 Å². The topological polar surface area (TPSA) is 38.8 Å². The minimum Gasteiger partial charge on any atom is -0.343 e. The van der Waals surface area contributed by atoms with Gasteiger partial charge in [-0.1, -0.05) is 6.92 Å². The second-order valence-electron chi connectivity index (χ2n) is 1.67. The van der Waals surface area contributed by atoms with Crippen molar-refractivity contribution in [1.29, 1.82) is 0 Å². The lowest BCUT2D eigenvalue weighted by molar-refractivity contribution is -0.329. The highest BCUT2D eigenvalue weighted by Crippen LogP contribution is 1.90. The van der Waals surface area contributed by atoms with E-state index >= 15 is 0 Å². The highest BCUT2D eigenvalue weighted by atomic mass is 17.0. The molecule has 0 aliphatic carbocycles. The maximum Gasteiger partial charge on any atom is 0.327 e. The zero-order valence-electron chi connectivity index (χ0n) is 6.59. The van der Waals surface area contributed by atoms with Gasteiger partial charge in [-0.2, -0.15) is 0 Å². The van der Waals surface area contributed by atoms with Crippen LogP contribution in [0.25, 0.3) is 0 Å². The van der Waals surface area contributed by atoms with E-state index in [1.54, 1.807) is 6.92 Å². The van der Waals surface area contributed by atoms with Gasteiger partial charge in [-0.25, -0.2) is 0 Å². The fourth-order valence-corrected chi connectivity index (χ4v) is 0.416. The van der Waals surface area contributed by atoms with Crippen LogP contribution in [0.5, 0.6) is 0 Å². The number of rotatable bonds is 4. The summed E-state index contributed by atoms with van der Waals surface area (Å²) >= 11 is 0. The van der Waals surface area contributed by atoms with Crippen LogP contribution in [0.4, 0.5) is 0 Å². The summed E-state index contributed by atoms with van der Waals surface area (Å²) in [6.45, 7) is 4.03. The summed E-state index contributed by atoms with van der Waals surface area (Å²) in [5.74, 6) is -0.295. The Balaban J connectivity index is 3.37. The molecular formula is C6H13NO3. The third kappa shape index (κ3) is 4.29. The van der Waals surface area contributed by atoms with Gasteiger partial charge >= 0.3 is 5.97 Å². The smallest absolute Gasteiger partial charge is 0.327 e. The van der Waals surface area contributed by atoms with Gasteiger partial charge in [0.1, 0.15) is 0 Å². The van der Waals surface area contributed by atoms with E-state index in [0.29, 0.717) is 13.0 Å². The minimum absolute atomic E-state index is 0.295. The van der Waals surface area contributed by atoms with Crippen LogP contribution < -0.4 is 0 Å². The number of hydroxylamine groups is 2. The van der Waals surface area contributed by atoms with E-state index in [9.17, 15) is 4.79 Å². The summed E-state index contributed by atoms with van der Waals surface area (Å²) in [6.07, 6.45) is 0.359.